The van der Waals surface area contributed by atoms with E-state index in [9.17, 15) is 0 Å². The number of hydrogen-bond donors (Lipinski definition) is 0. The van der Waals surface area contributed by atoms with E-state index in [0.717, 1.165) is 35.6 Å². The molecular weight excluding hydrogens is 294 g/mol. The van der Waals surface area contributed by atoms with Crippen molar-refractivity contribution in [2.45, 2.75) is 26.2 Å². The topological polar surface area (TPSA) is 22.1 Å². The Morgan fingerprint density at radius 2 is 1.50 bits per heavy atom. The van der Waals surface area contributed by atoms with E-state index in [-0.39, 0.29) is 0 Å². The summed E-state index contributed by atoms with van der Waals surface area (Å²) in [5.41, 5.74) is 4.41. The van der Waals surface area contributed by atoms with Gasteiger partial charge in [0.1, 0.15) is 5.75 Å². The van der Waals surface area contributed by atoms with Gasteiger partial charge in [-0.15, -0.1) is 0 Å². The highest BCUT2D eigenvalue weighted by Gasteiger charge is 2.02. The number of nitrogens with zero attached hydrogens (tertiary/aromatic N) is 1. The van der Waals surface area contributed by atoms with Crippen LogP contribution >= 0.6 is 0 Å². The average molecular weight is 317 g/mol. The highest BCUT2D eigenvalue weighted by atomic mass is 16.5. The molecule has 3 rings (SSSR count). The van der Waals surface area contributed by atoms with Gasteiger partial charge in [0.05, 0.1) is 12.3 Å². The number of unbranched alkanes of at least 4 members (excludes halogenated alkanes) is 2. The van der Waals surface area contributed by atoms with Gasteiger partial charge in [0, 0.05) is 17.3 Å². The van der Waals surface area contributed by atoms with E-state index in [2.05, 4.69) is 48.3 Å². The van der Waals surface area contributed by atoms with Gasteiger partial charge in [-0.2, -0.15) is 0 Å². The summed E-state index contributed by atoms with van der Waals surface area (Å²) in [6, 6.07) is 22.7. The van der Waals surface area contributed by atoms with E-state index in [4.69, 9.17) is 4.74 Å². The summed E-state index contributed by atoms with van der Waals surface area (Å²) in [4.78, 5) is 4.60. The molecule has 0 saturated heterocycles. The van der Waals surface area contributed by atoms with Crippen LogP contribution in [-0.2, 0) is 0 Å². The second-order valence-electron chi connectivity index (χ2n) is 5.88. The zero-order valence-electron chi connectivity index (χ0n) is 14.1. The molecule has 0 amide bonds. The largest absolute Gasteiger partial charge is 0.494 e. The highest BCUT2D eigenvalue weighted by Crippen LogP contribution is 2.24. The van der Waals surface area contributed by atoms with Crippen LogP contribution in [0.5, 0.6) is 5.75 Å². The second kappa shape index (κ2) is 8.30. The van der Waals surface area contributed by atoms with Crippen molar-refractivity contribution in [2.24, 2.45) is 0 Å². The normalized spacial score (nSPS) is 10.5. The summed E-state index contributed by atoms with van der Waals surface area (Å²) in [6.07, 6.45) is 5.48. The molecule has 0 aliphatic heterocycles. The minimum atomic E-state index is 0.789. The van der Waals surface area contributed by atoms with Crippen LogP contribution in [0.2, 0.25) is 0 Å². The van der Waals surface area contributed by atoms with Crippen LogP contribution in [0.3, 0.4) is 0 Å². The lowest BCUT2D eigenvalue weighted by Gasteiger charge is -2.07. The van der Waals surface area contributed by atoms with Gasteiger partial charge in [-0.3, -0.25) is 4.98 Å². The maximum atomic E-state index is 5.76. The third kappa shape index (κ3) is 4.23. The molecule has 0 fully saturated rings. The summed E-state index contributed by atoms with van der Waals surface area (Å²) in [5, 5.41) is 0. The van der Waals surface area contributed by atoms with Gasteiger partial charge in [-0.05, 0) is 42.3 Å². The second-order valence-corrected chi connectivity index (χ2v) is 5.88. The lowest BCUT2D eigenvalue weighted by Crippen LogP contribution is -1.96. The van der Waals surface area contributed by atoms with Crippen molar-refractivity contribution in [1.29, 1.82) is 0 Å². The van der Waals surface area contributed by atoms with Gasteiger partial charge in [0.15, 0.2) is 0 Å². The van der Waals surface area contributed by atoms with Crippen LogP contribution in [0.1, 0.15) is 26.2 Å². The first-order chi connectivity index (χ1) is 11.9. The number of hydrogen-bond acceptors (Lipinski definition) is 2. The molecule has 0 N–H and O–H groups in total. The first-order valence-electron chi connectivity index (χ1n) is 8.61. The molecule has 2 nitrogen and oxygen atoms in total. The van der Waals surface area contributed by atoms with Crippen LogP contribution in [0, 0.1) is 0 Å². The SMILES string of the molecule is CCCCCOc1ccc(-c2ccc(-c3ccccc3)cn2)cc1. The molecule has 2 aromatic carbocycles. The molecule has 24 heavy (non-hydrogen) atoms. The van der Waals surface area contributed by atoms with Crippen molar-refractivity contribution in [3.05, 3.63) is 72.9 Å². The first-order valence-corrected chi connectivity index (χ1v) is 8.61. The lowest BCUT2D eigenvalue weighted by molar-refractivity contribution is 0.306. The van der Waals surface area contributed by atoms with Crippen LogP contribution < -0.4 is 4.74 Å². The van der Waals surface area contributed by atoms with Gasteiger partial charge in [0.2, 0.25) is 0 Å². The average Bonchev–Trinajstić information content (AvgIpc) is 2.67. The number of benzene rings is 2. The molecular formula is C22H23NO. The Hall–Kier alpha value is -2.61. The Bertz CT molecular complexity index is 733. The van der Waals surface area contributed by atoms with Crippen molar-refractivity contribution in [3.63, 3.8) is 0 Å². The van der Waals surface area contributed by atoms with Crippen molar-refractivity contribution in [3.8, 4) is 28.1 Å². The minimum absolute atomic E-state index is 0.789. The highest BCUT2D eigenvalue weighted by molar-refractivity contribution is 5.66. The van der Waals surface area contributed by atoms with E-state index >= 15 is 0 Å². The summed E-state index contributed by atoms with van der Waals surface area (Å²) in [5.74, 6) is 0.927. The fourth-order valence-corrected chi connectivity index (χ4v) is 2.63. The van der Waals surface area contributed by atoms with Crippen LogP contribution in [0.4, 0.5) is 0 Å². The Balaban J connectivity index is 1.66. The minimum Gasteiger partial charge on any atom is -0.494 e. The molecule has 1 heterocycles. The molecule has 2 heteroatoms. The standard InChI is InChI=1S/C22H23NO/c1-2-3-7-16-24-21-13-10-19(11-14-21)22-15-12-20(17-23-22)18-8-5-4-6-9-18/h4-6,8-15,17H,2-3,7,16H2,1H3. The van der Waals surface area contributed by atoms with Crippen LogP contribution in [-0.4, -0.2) is 11.6 Å². The Morgan fingerprint density at radius 1 is 0.750 bits per heavy atom. The molecule has 0 spiro atoms. The van der Waals surface area contributed by atoms with Crippen molar-refractivity contribution in [2.75, 3.05) is 6.61 Å². The monoisotopic (exact) mass is 317 g/mol. The van der Waals surface area contributed by atoms with Gasteiger partial charge in [-0.1, -0.05) is 56.2 Å². The molecule has 3 aromatic rings. The molecule has 0 aliphatic rings. The number of aromatic nitrogens is 1. The van der Waals surface area contributed by atoms with E-state index in [1.54, 1.807) is 0 Å². The van der Waals surface area contributed by atoms with Crippen molar-refractivity contribution < 1.29 is 4.74 Å². The lowest BCUT2D eigenvalue weighted by atomic mass is 10.1. The molecule has 122 valence electrons. The van der Waals surface area contributed by atoms with Gasteiger partial charge in [-0.25, -0.2) is 0 Å². The molecule has 0 unspecified atom stereocenters. The van der Waals surface area contributed by atoms with Gasteiger partial charge >= 0.3 is 0 Å². The summed E-state index contributed by atoms with van der Waals surface area (Å²) >= 11 is 0. The fourth-order valence-electron chi connectivity index (χ4n) is 2.63. The zero-order valence-corrected chi connectivity index (χ0v) is 14.1. The number of ether oxygens (including phenoxy) is 1. The zero-order chi connectivity index (χ0) is 16.6. The quantitative estimate of drug-likeness (QED) is 0.500. The summed E-state index contributed by atoms with van der Waals surface area (Å²) in [6.45, 7) is 2.99. The molecule has 0 aliphatic carbocycles. The molecule has 0 saturated carbocycles. The van der Waals surface area contributed by atoms with E-state index in [0.29, 0.717) is 0 Å². The Kier molecular flexibility index (Phi) is 5.62. The predicted molar refractivity (Wildman–Crippen MR) is 100 cm³/mol. The Labute approximate surface area is 144 Å². The Morgan fingerprint density at radius 3 is 2.17 bits per heavy atom. The third-order valence-corrected chi connectivity index (χ3v) is 4.04. The smallest absolute Gasteiger partial charge is 0.119 e. The van der Waals surface area contributed by atoms with Crippen LogP contribution in [0.25, 0.3) is 22.4 Å². The number of rotatable bonds is 7. The number of pyridine rings is 1. The third-order valence-electron chi connectivity index (χ3n) is 4.04. The molecule has 0 bridgehead atoms. The maximum absolute atomic E-state index is 5.76. The fraction of sp³-hybridized carbons (Fsp3) is 0.227. The first kappa shape index (κ1) is 16.3. The summed E-state index contributed by atoms with van der Waals surface area (Å²) in [7, 11) is 0. The van der Waals surface area contributed by atoms with Crippen molar-refractivity contribution in [1.82, 2.24) is 4.98 Å². The maximum Gasteiger partial charge on any atom is 0.119 e. The van der Waals surface area contributed by atoms with Gasteiger partial charge < -0.3 is 4.74 Å². The van der Waals surface area contributed by atoms with E-state index in [1.807, 2.05) is 36.5 Å². The van der Waals surface area contributed by atoms with Crippen LogP contribution in [0.15, 0.2) is 72.9 Å². The van der Waals surface area contributed by atoms with E-state index in [1.165, 1.54) is 18.4 Å². The molecule has 0 radical (unpaired) electrons. The summed E-state index contributed by atoms with van der Waals surface area (Å²) < 4.78 is 5.76. The molecule has 0 atom stereocenters. The van der Waals surface area contributed by atoms with E-state index < -0.39 is 0 Å². The van der Waals surface area contributed by atoms with Crippen molar-refractivity contribution >= 4 is 0 Å². The predicted octanol–water partition coefficient (Wildman–Crippen LogP) is 5.98. The molecule has 1 aromatic heterocycles. The van der Waals surface area contributed by atoms with Gasteiger partial charge in [0.25, 0.3) is 0 Å².